The average molecular weight is 179 g/mol. The van der Waals surface area contributed by atoms with Gasteiger partial charge >= 0.3 is 0 Å². The van der Waals surface area contributed by atoms with E-state index in [0.717, 1.165) is 30.7 Å². The van der Waals surface area contributed by atoms with Crippen LogP contribution < -0.4 is 5.32 Å². The minimum Gasteiger partial charge on any atom is -0.486 e. The molecule has 0 fully saturated rings. The molecule has 0 atom stereocenters. The first-order chi connectivity index (χ1) is 6.29. The Morgan fingerprint density at radius 2 is 2.38 bits per heavy atom. The topological polar surface area (TPSA) is 38.3 Å². The SMILES string of the molecule is CCC1=CC2=C(CC1)OCC(=O)N2. The minimum absolute atomic E-state index is 0.0487. The molecule has 1 amide bonds. The van der Waals surface area contributed by atoms with E-state index in [1.165, 1.54) is 5.57 Å². The van der Waals surface area contributed by atoms with E-state index in [0.29, 0.717) is 0 Å². The normalized spacial score (nSPS) is 21.6. The summed E-state index contributed by atoms with van der Waals surface area (Å²) in [6.07, 6.45) is 5.07. The van der Waals surface area contributed by atoms with E-state index >= 15 is 0 Å². The van der Waals surface area contributed by atoms with Gasteiger partial charge in [-0.15, -0.1) is 0 Å². The molecule has 2 rings (SSSR count). The molecule has 13 heavy (non-hydrogen) atoms. The number of hydrogen-bond donors (Lipinski definition) is 1. The van der Waals surface area contributed by atoms with Gasteiger partial charge in [-0.2, -0.15) is 0 Å². The summed E-state index contributed by atoms with van der Waals surface area (Å²) in [6.45, 7) is 2.30. The lowest BCUT2D eigenvalue weighted by atomic mass is 9.99. The summed E-state index contributed by atoms with van der Waals surface area (Å²) >= 11 is 0. The van der Waals surface area contributed by atoms with Crippen molar-refractivity contribution >= 4 is 5.91 Å². The van der Waals surface area contributed by atoms with E-state index in [9.17, 15) is 4.79 Å². The molecule has 1 aliphatic carbocycles. The summed E-state index contributed by atoms with van der Waals surface area (Å²) in [4.78, 5) is 11.0. The Morgan fingerprint density at radius 3 is 3.15 bits per heavy atom. The van der Waals surface area contributed by atoms with Gasteiger partial charge in [0.15, 0.2) is 6.61 Å². The molecule has 3 nitrogen and oxygen atoms in total. The maximum absolute atomic E-state index is 11.0. The van der Waals surface area contributed by atoms with Crippen LogP contribution in [0, 0.1) is 0 Å². The Hall–Kier alpha value is -1.25. The van der Waals surface area contributed by atoms with Gasteiger partial charge < -0.3 is 10.1 Å². The van der Waals surface area contributed by atoms with E-state index in [4.69, 9.17) is 4.74 Å². The zero-order chi connectivity index (χ0) is 9.26. The predicted octanol–water partition coefficient (Wildman–Crippen LogP) is 1.47. The molecule has 2 aliphatic rings. The molecule has 0 spiro atoms. The van der Waals surface area contributed by atoms with E-state index in [1.54, 1.807) is 0 Å². The van der Waals surface area contributed by atoms with Crippen LogP contribution in [-0.4, -0.2) is 12.5 Å². The third kappa shape index (κ3) is 1.59. The lowest BCUT2D eigenvalue weighted by molar-refractivity contribution is -0.125. The zero-order valence-electron chi connectivity index (χ0n) is 7.72. The Kier molecular flexibility index (Phi) is 2.08. The highest BCUT2D eigenvalue weighted by Crippen LogP contribution is 2.26. The van der Waals surface area contributed by atoms with Crippen molar-refractivity contribution < 1.29 is 9.53 Å². The van der Waals surface area contributed by atoms with Crippen LogP contribution in [-0.2, 0) is 9.53 Å². The van der Waals surface area contributed by atoms with Crippen LogP contribution in [0.25, 0.3) is 0 Å². The van der Waals surface area contributed by atoms with Crippen LogP contribution in [0.1, 0.15) is 26.2 Å². The summed E-state index contributed by atoms with van der Waals surface area (Å²) in [6, 6.07) is 0. The Balaban J connectivity index is 2.23. The number of nitrogens with one attached hydrogen (secondary N) is 1. The van der Waals surface area contributed by atoms with Crippen molar-refractivity contribution in [2.24, 2.45) is 0 Å². The maximum atomic E-state index is 11.0. The monoisotopic (exact) mass is 179 g/mol. The highest BCUT2D eigenvalue weighted by Gasteiger charge is 2.20. The Morgan fingerprint density at radius 1 is 1.54 bits per heavy atom. The van der Waals surface area contributed by atoms with Gasteiger partial charge in [-0.1, -0.05) is 12.5 Å². The van der Waals surface area contributed by atoms with Crippen molar-refractivity contribution in [2.45, 2.75) is 26.2 Å². The number of ether oxygens (including phenoxy) is 1. The maximum Gasteiger partial charge on any atom is 0.262 e. The van der Waals surface area contributed by atoms with Crippen LogP contribution in [0.5, 0.6) is 0 Å². The molecule has 1 heterocycles. The van der Waals surface area contributed by atoms with Crippen LogP contribution in [0.15, 0.2) is 23.1 Å². The first-order valence-corrected chi connectivity index (χ1v) is 4.65. The Bertz CT molecular complexity index is 302. The van der Waals surface area contributed by atoms with Gasteiger partial charge in [0.1, 0.15) is 5.76 Å². The molecular weight excluding hydrogens is 166 g/mol. The standard InChI is InChI=1S/C10H13NO2/c1-2-7-3-4-9-8(5-7)11-10(12)6-13-9/h5H,2-4,6H2,1H3,(H,11,12). The zero-order valence-corrected chi connectivity index (χ0v) is 7.72. The van der Waals surface area contributed by atoms with Gasteiger partial charge in [0, 0.05) is 6.42 Å². The second-order valence-corrected chi connectivity index (χ2v) is 3.33. The van der Waals surface area contributed by atoms with E-state index in [1.807, 2.05) is 6.08 Å². The smallest absolute Gasteiger partial charge is 0.262 e. The molecule has 0 saturated carbocycles. The van der Waals surface area contributed by atoms with Crippen molar-refractivity contribution in [2.75, 3.05) is 6.61 Å². The molecule has 1 aliphatic heterocycles. The summed E-state index contributed by atoms with van der Waals surface area (Å²) < 4.78 is 5.31. The van der Waals surface area contributed by atoms with Crippen LogP contribution in [0.2, 0.25) is 0 Å². The quantitative estimate of drug-likeness (QED) is 0.662. The lowest BCUT2D eigenvalue weighted by Gasteiger charge is -2.24. The molecule has 0 aromatic rings. The molecule has 0 unspecified atom stereocenters. The molecular formula is C10H13NO2. The average Bonchev–Trinajstić information content (AvgIpc) is 2.16. The van der Waals surface area contributed by atoms with Crippen molar-refractivity contribution in [3.05, 3.63) is 23.1 Å². The fourth-order valence-electron chi connectivity index (χ4n) is 1.64. The molecule has 3 heteroatoms. The summed E-state index contributed by atoms with van der Waals surface area (Å²) in [5, 5.41) is 2.82. The first-order valence-electron chi connectivity index (χ1n) is 4.65. The second kappa shape index (κ2) is 3.24. The molecule has 1 N–H and O–H groups in total. The van der Waals surface area contributed by atoms with Crippen LogP contribution in [0.4, 0.5) is 0 Å². The predicted molar refractivity (Wildman–Crippen MR) is 48.7 cm³/mol. The van der Waals surface area contributed by atoms with E-state index in [2.05, 4.69) is 12.2 Å². The highest BCUT2D eigenvalue weighted by atomic mass is 16.5. The molecule has 0 radical (unpaired) electrons. The lowest BCUT2D eigenvalue weighted by Crippen LogP contribution is -2.33. The van der Waals surface area contributed by atoms with Crippen molar-refractivity contribution in [3.63, 3.8) is 0 Å². The number of carbonyl (C=O) groups is 1. The van der Waals surface area contributed by atoms with Gasteiger partial charge in [-0.3, -0.25) is 4.79 Å². The molecule has 0 saturated heterocycles. The third-order valence-corrected chi connectivity index (χ3v) is 2.43. The van der Waals surface area contributed by atoms with E-state index < -0.39 is 0 Å². The number of hydrogen-bond acceptors (Lipinski definition) is 2. The van der Waals surface area contributed by atoms with Gasteiger partial charge in [-0.25, -0.2) is 0 Å². The summed E-state index contributed by atoms with van der Waals surface area (Å²) in [7, 11) is 0. The molecule has 70 valence electrons. The number of carbonyl (C=O) groups excluding carboxylic acids is 1. The second-order valence-electron chi connectivity index (χ2n) is 3.33. The first kappa shape index (κ1) is 8.35. The largest absolute Gasteiger partial charge is 0.486 e. The molecule has 0 aromatic heterocycles. The van der Waals surface area contributed by atoms with Gasteiger partial charge in [0.05, 0.1) is 5.70 Å². The van der Waals surface area contributed by atoms with Gasteiger partial charge in [0.25, 0.3) is 5.91 Å². The van der Waals surface area contributed by atoms with Crippen molar-refractivity contribution in [3.8, 4) is 0 Å². The van der Waals surface area contributed by atoms with Gasteiger partial charge in [0.2, 0.25) is 0 Å². The Labute approximate surface area is 77.5 Å². The minimum atomic E-state index is -0.0487. The van der Waals surface area contributed by atoms with E-state index in [-0.39, 0.29) is 12.5 Å². The van der Waals surface area contributed by atoms with Crippen molar-refractivity contribution in [1.82, 2.24) is 5.32 Å². The third-order valence-electron chi connectivity index (χ3n) is 2.43. The van der Waals surface area contributed by atoms with Crippen molar-refractivity contribution in [1.29, 1.82) is 0 Å². The molecule has 0 aromatic carbocycles. The van der Waals surface area contributed by atoms with Crippen LogP contribution >= 0.6 is 0 Å². The highest BCUT2D eigenvalue weighted by molar-refractivity contribution is 5.81. The van der Waals surface area contributed by atoms with Gasteiger partial charge in [-0.05, 0) is 18.9 Å². The number of rotatable bonds is 1. The summed E-state index contributed by atoms with van der Waals surface area (Å²) in [5.74, 6) is 0.893. The number of amides is 1. The molecule has 0 bridgehead atoms. The van der Waals surface area contributed by atoms with Crippen LogP contribution in [0.3, 0.4) is 0 Å². The fraction of sp³-hybridized carbons (Fsp3) is 0.500. The summed E-state index contributed by atoms with van der Waals surface area (Å²) in [5.41, 5.74) is 2.25. The fourth-order valence-corrected chi connectivity index (χ4v) is 1.64. The number of allylic oxidation sites excluding steroid dienone is 3.